The molecule has 1 aromatic rings. The van der Waals surface area contributed by atoms with E-state index in [1.54, 1.807) is 6.20 Å². The van der Waals surface area contributed by atoms with Crippen LogP contribution in [0.4, 0.5) is 0 Å². The summed E-state index contributed by atoms with van der Waals surface area (Å²) in [5, 5.41) is 13.2. The second kappa shape index (κ2) is 4.87. The average Bonchev–Trinajstić information content (AvgIpc) is 2.61. The number of likely N-dealkylation sites (tertiary alicyclic amines) is 1. The molecular formula is C12H19N3O2. The Morgan fingerprint density at radius 3 is 2.76 bits per heavy atom. The van der Waals surface area contributed by atoms with E-state index < -0.39 is 5.97 Å². The van der Waals surface area contributed by atoms with Gasteiger partial charge >= 0.3 is 5.97 Å². The third-order valence-corrected chi connectivity index (χ3v) is 3.52. The molecule has 1 fully saturated rings. The first-order chi connectivity index (χ1) is 8.08. The zero-order valence-corrected chi connectivity index (χ0v) is 10.4. The summed E-state index contributed by atoms with van der Waals surface area (Å²) in [7, 11) is 2.13. The van der Waals surface area contributed by atoms with Crippen LogP contribution < -0.4 is 0 Å². The van der Waals surface area contributed by atoms with Crippen molar-refractivity contribution >= 4 is 5.97 Å². The molecule has 0 unspecified atom stereocenters. The fraction of sp³-hybridized carbons (Fsp3) is 0.667. The molecular weight excluding hydrogens is 218 g/mol. The van der Waals surface area contributed by atoms with Crippen LogP contribution in [0.1, 0.15) is 30.1 Å². The number of carbonyl (C=O) groups is 1. The van der Waals surface area contributed by atoms with Crippen molar-refractivity contribution in [2.45, 2.75) is 32.2 Å². The first-order valence-corrected chi connectivity index (χ1v) is 6.01. The molecule has 0 atom stereocenters. The van der Waals surface area contributed by atoms with Crippen molar-refractivity contribution in [3.05, 3.63) is 17.5 Å². The zero-order chi connectivity index (χ0) is 12.4. The van der Waals surface area contributed by atoms with Crippen molar-refractivity contribution in [2.24, 2.45) is 0 Å². The molecule has 5 heteroatoms. The highest BCUT2D eigenvalue weighted by Crippen LogP contribution is 2.23. The van der Waals surface area contributed by atoms with E-state index in [1.807, 2.05) is 11.6 Å². The van der Waals surface area contributed by atoms with Gasteiger partial charge in [-0.2, -0.15) is 5.10 Å². The molecule has 1 aromatic heterocycles. The molecule has 0 amide bonds. The highest BCUT2D eigenvalue weighted by atomic mass is 16.4. The molecule has 1 aliphatic heterocycles. The lowest BCUT2D eigenvalue weighted by Gasteiger charge is -2.29. The maximum atomic E-state index is 10.7. The summed E-state index contributed by atoms with van der Waals surface area (Å²) in [6.45, 7) is 4.13. The van der Waals surface area contributed by atoms with Gasteiger partial charge in [-0.3, -0.25) is 9.48 Å². The lowest BCUT2D eigenvalue weighted by Crippen LogP contribution is -2.32. The summed E-state index contributed by atoms with van der Waals surface area (Å²) < 4.78 is 2.01. The minimum Gasteiger partial charge on any atom is -0.481 e. The molecule has 2 rings (SSSR count). The molecule has 0 radical (unpaired) electrons. The SMILES string of the molecule is Cc1c(CC(=O)O)cnn1C1CCN(C)CC1. The van der Waals surface area contributed by atoms with E-state index in [0.717, 1.165) is 37.2 Å². The number of hydrogen-bond acceptors (Lipinski definition) is 3. The van der Waals surface area contributed by atoms with Crippen LogP contribution in [0.5, 0.6) is 0 Å². The van der Waals surface area contributed by atoms with E-state index in [-0.39, 0.29) is 6.42 Å². The van der Waals surface area contributed by atoms with Crippen LogP contribution in [0, 0.1) is 6.92 Å². The number of carboxylic acids is 1. The van der Waals surface area contributed by atoms with Crippen LogP contribution in [-0.2, 0) is 11.2 Å². The number of rotatable bonds is 3. The normalized spacial score (nSPS) is 18.5. The smallest absolute Gasteiger partial charge is 0.307 e. The number of nitrogens with zero attached hydrogens (tertiary/aromatic N) is 3. The summed E-state index contributed by atoms with van der Waals surface area (Å²) >= 11 is 0. The van der Waals surface area contributed by atoms with Crippen LogP contribution in [-0.4, -0.2) is 45.9 Å². The first-order valence-electron chi connectivity index (χ1n) is 6.01. The minimum absolute atomic E-state index is 0.0679. The Kier molecular flexibility index (Phi) is 3.47. The van der Waals surface area contributed by atoms with Gasteiger partial charge in [0, 0.05) is 11.3 Å². The Morgan fingerprint density at radius 2 is 2.18 bits per heavy atom. The summed E-state index contributed by atoms with van der Waals surface area (Å²) in [5.41, 5.74) is 1.83. The van der Waals surface area contributed by atoms with Crippen molar-refractivity contribution in [3.8, 4) is 0 Å². The second-order valence-corrected chi connectivity index (χ2v) is 4.80. The third kappa shape index (κ3) is 2.66. The number of carboxylic acid groups (broad SMARTS) is 1. The van der Waals surface area contributed by atoms with E-state index in [0.29, 0.717) is 6.04 Å². The van der Waals surface area contributed by atoms with Crippen molar-refractivity contribution in [1.29, 1.82) is 0 Å². The lowest BCUT2D eigenvalue weighted by atomic mass is 10.1. The molecule has 5 nitrogen and oxygen atoms in total. The third-order valence-electron chi connectivity index (χ3n) is 3.52. The number of aliphatic carboxylic acids is 1. The number of aromatic nitrogens is 2. The van der Waals surface area contributed by atoms with E-state index in [2.05, 4.69) is 17.0 Å². The topological polar surface area (TPSA) is 58.4 Å². The fourth-order valence-corrected chi connectivity index (χ4v) is 2.40. The molecule has 1 aliphatic rings. The monoisotopic (exact) mass is 237 g/mol. The largest absolute Gasteiger partial charge is 0.481 e. The Hall–Kier alpha value is -1.36. The minimum atomic E-state index is -0.795. The number of piperidine rings is 1. The molecule has 0 bridgehead atoms. The van der Waals surface area contributed by atoms with E-state index in [4.69, 9.17) is 5.11 Å². The summed E-state index contributed by atoms with van der Waals surface area (Å²) in [5.74, 6) is -0.795. The Morgan fingerprint density at radius 1 is 1.53 bits per heavy atom. The number of hydrogen-bond donors (Lipinski definition) is 1. The van der Waals surface area contributed by atoms with E-state index in [1.165, 1.54) is 0 Å². The van der Waals surface area contributed by atoms with Gasteiger partial charge in [0.05, 0.1) is 18.7 Å². The summed E-state index contributed by atoms with van der Waals surface area (Å²) in [6.07, 6.45) is 3.94. The summed E-state index contributed by atoms with van der Waals surface area (Å²) in [4.78, 5) is 13.0. The zero-order valence-electron chi connectivity index (χ0n) is 10.4. The predicted octanol–water partition coefficient (Wildman–Crippen LogP) is 1.09. The predicted molar refractivity (Wildman–Crippen MR) is 64.1 cm³/mol. The van der Waals surface area contributed by atoms with Gasteiger partial charge in [0.25, 0.3) is 0 Å². The molecule has 2 heterocycles. The van der Waals surface area contributed by atoms with Gasteiger partial charge in [-0.15, -0.1) is 0 Å². The van der Waals surface area contributed by atoms with E-state index in [9.17, 15) is 4.79 Å². The molecule has 0 aromatic carbocycles. The summed E-state index contributed by atoms with van der Waals surface area (Å²) in [6, 6.07) is 0.425. The average molecular weight is 237 g/mol. The van der Waals surface area contributed by atoms with Crippen LogP contribution >= 0.6 is 0 Å². The maximum absolute atomic E-state index is 10.7. The van der Waals surface area contributed by atoms with Crippen molar-refractivity contribution < 1.29 is 9.90 Å². The van der Waals surface area contributed by atoms with Crippen molar-refractivity contribution in [3.63, 3.8) is 0 Å². The van der Waals surface area contributed by atoms with Gasteiger partial charge in [0.2, 0.25) is 0 Å². The van der Waals surface area contributed by atoms with Gasteiger partial charge in [-0.05, 0) is 39.9 Å². The highest BCUT2D eigenvalue weighted by molar-refractivity contribution is 5.70. The standard InChI is InChI=1S/C12H19N3O2/c1-9-10(7-12(16)17)8-13-15(9)11-3-5-14(2)6-4-11/h8,11H,3-7H2,1-2H3,(H,16,17). The molecule has 1 N–H and O–H groups in total. The molecule has 0 spiro atoms. The van der Waals surface area contributed by atoms with Gasteiger partial charge < -0.3 is 10.0 Å². The molecule has 94 valence electrons. The molecule has 0 saturated carbocycles. The fourth-order valence-electron chi connectivity index (χ4n) is 2.40. The molecule has 1 saturated heterocycles. The molecule has 0 aliphatic carbocycles. The van der Waals surface area contributed by atoms with Crippen LogP contribution in [0.25, 0.3) is 0 Å². The molecule has 17 heavy (non-hydrogen) atoms. The second-order valence-electron chi connectivity index (χ2n) is 4.80. The Labute approximate surface area is 101 Å². The van der Waals surface area contributed by atoms with E-state index >= 15 is 0 Å². The van der Waals surface area contributed by atoms with Crippen LogP contribution in [0.15, 0.2) is 6.20 Å². The van der Waals surface area contributed by atoms with Crippen molar-refractivity contribution in [2.75, 3.05) is 20.1 Å². The van der Waals surface area contributed by atoms with Gasteiger partial charge in [0.15, 0.2) is 0 Å². The maximum Gasteiger partial charge on any atom is 0.307 e. The van der Waals surface area contributed by atoms with Crippen LogP contribution in [0.2, 0.25) is 0 Å². The van der Waals surface area contributed by atoms with Gasteiger partial charge in [-0.1, -0.05) is 0 Å². The highest BCUT2D eigenvalue weighted by Gasteiger charge is 2.21. The Bertz CT molecular complexity index is 406. The van der Waals surface area contributed by atoms with Crippen molar-refractivity contribution in [1.82, 2.24) is 14.7 Å². The van der Waals surface area contributed by atoms with Gasteiger partial charge in [-0.25, -0.2) is 0 Å². The van der Waals surface area contributed by atoms with Crippen LogP contribution in [0.3, 0.4) is 0 Å². The Balaban J connectivity index is 2.11. The van der Waals surface area contributed by atoms with Gasteiger partial charge in [0.1, 0.15) is 0 Å². The quantitative estimate of drug-likeness (QED) is 0.854. The first kappa shape index (κ1) is 12.1. The lowest BCUT2D eigenvalue weighted by molar-refractivity contribution is -0.136.